The van der Waals surface area contributed by atoms with Crippen molar-refractivity contribution in [3.05, 3.63) is 41.1 Å². The molecule has 4 nitrogen and oxygen atoms in total. The van der Waals surface area contributed by atoms with Crippen LogP contribution in [0, 0.1) is 12.8 Å². The van der Waals surface area contributed by atoms with Gasteiger partial charge in [0.25, 0.3) is 5.91 Å². The Kier molecular flexibility index (Phi) is 4.01. The van der Waals surface area contributed by atoms with E-state index in [1.807, 2.05) is 18.2 Å². The number of benzene rings is 1. The van der Waals surface area contributed by atoms with Gasteiger partial charge in [-0.2, -0.15) is 0 Å². The van der Waals surface area contributed by atoms with Crippen molar-refractivity contribution in [1.82, 2.24) is 15.2 Å². The molecule has 4 heterocycles. The van der Waals surface area contributed by atoms with Gasteiger partial charge in [-0.15, -0.1) is 0 Å². The summed E-state index contributed by atoms with van der Waals surface area (Å²) in [7, 11) is 0. The number of nitrogens with one attached hydrogen (secondary N) is 1. The molecule has 3 aliphatic heterocycles. The van der Waals surface area contributed by atoms with Gasteiger partial charge in [-0.3, -0.25) is 9.78 Å². The number of rotatable bonds is 3. The first-order valence-electron chi connectivity index (χ1n) is 9.07. The van der Waals surface area contributed by atoms with Crippen LogP contribution in [-0.2, 0) is 6.42 Å². The lowest BCUT2D eigenvalue weighted by molar-refractivity contribution is 0.0620. The van der Waals surface area contributed by atoms with E-state index in [9.17, 15) is 4.79 Å². The zero-order chi connectivity index (χ0) is 16.7. The summed E-state index contributed by atoms with van der Waals surface area (Å²) >= 11 is 0. The number of fused-ring (bicyclic) bond motifs is 4. The van der Waals surface area contributed by atoms with Gasteiger partial charge in [0.2, 0.25) is 0 Å². The van der Waals surface area contributed by atoms with Crippen molar-refractivity contribution in [3.8, 4) is 0 Å². The van der Waals surface area contributed by atoms with Crippen LogP contribution in [0.4, 0.5) is 0 Å². The lowest BCUT2D eigenvalue weighted by Gasteiger charge is -2.44. The molecule has 3 saturated heterocycles. The van der Waals surface area contributed by atoms with E-state index in [-0.39, 0.29) is 5.91 Å². The van der Waals surface area contributed by atoms with E-state index in [0.29, 0.717) is 12.0 Å². The molecule has 1 aromatic heterocycles. The Bertz CT molecular complexity index is 778. The Morgan fingerprint density at radius 3 is 2.75 bits per heavy atom. The van der Waals surface area contributed by atoms with Crippen molar-refractivity contribution in [2.24, 2.45) is 5.92 Å². The van der Waals surface area contributed by atoms with Gasteiger partial charge in [0.1, 0.15) is 0 Å². The molecule has 3 fully saturated rings. The molecule has 2 bridgehead atoms. The second kappa shape index (κ2) is 6.17. The van der Waals surface area contributed by atoms with Crippen LogP contribution >= 0.6 is 0 Å². The normalized spacial score (nSPS) is 25.8. The Morgan fingerprint density at radius 2 is 2.08 bits per heavy atom. The second-order valence-electron chi connectivity index (χ2n) is 7.23. The number of carbonyl (C=O) groups is 1. The number of aromatic nitrogens is 1. The third kappa shape index (κ3) is 2.80. The van der Waals surface area contributed by atoms with Gasteiger partial charge in [0.15, 0.2) is 0 Å². The minimum Gasteiger partial charge on any atom is -0.348 e. The van der Waals surface area contributed by atoms with Crippen molar-refractivity contribution in [3.63, 3.8) is 0 Å². The molecule has 0 saturated carbocycles. The summed E-state index contributed by atoms with van der Waals surface area (Å²) in [5.41, 5.74) is 3.95. The molecule has 126 valence electrons. The first-order chi connectivity index (χ1) is 11.6. The molecule has 4 heteroatoms. The van der Waals surface area contributed by atoms with E-state index in [1.54, 1.807) is 0 Å². The van der Waals surface area contributed by atoms with Crippen LogP contribution < -0.4 is 5.32 Å². The summed E-state index contributed by atoms with van der Waals surface area (Å²) in [5, 5.41) is 4.40. The molecule has 1 unspecified atom stereocenters. The van der Waals surface area contributed by atoms with Crippen molar-refractivity contribution in [2.75, 3.05) is 19.6 Å². The zero-order valence-corrected chi connectivity index (χ0v) is 14.5. The fourth-order valence-electron chi connectivity index (χ4n) is 4.17. The number of nitrogens with zero attached hydrogens (tertiary/aromatic N) is 2. The van der Waals surface area contributed by atoms with Crippen LogP contribution in [0.1, 0.15) is 41.4 Å². The summed E-state index contributed by atoms with van der Waals surface area (Å²) in [5.74, 6) is 0.684. The largest absolute Gasteiger partial charge is 0.348 e. The molecule has 1 amide bonds. The maximum atomic E-state index is 12.7. The van der Waals surface area contributed by atoms with E-state index in [2.05, 4.69) is 30.1 Å². The van der Waals surface area contributed by atoms with E-state index in [0.717, 1.165) is 35.1 Å². The van der Waals surface area contributed by atoms with Crippen molar-refractivity contribution in [1.29, 1.82) is 0 Å². The molecular weight excluding hydrogens is 298 g/mol. The zero-order valence-electron chi connectivity index (χ0n) is 14.5. The van der Waals surface area contributed by atoms with Crippen LogP contribution in [0.5, 0.6) is 0 Å². The molecule has 24 heavy (non-hydrogen) atoms. The fourth-order valence-corrected chi connectivity index (χ4v) is 4.17. The molecule has 1 atom stereocenters. The van der Waals surface area contributed by atoms with Gasteiger partial charge < -0.3 is 10.2 Å². The molecule has 0 aliphatic carbocycles. The first-order valence-corrected chi connectivity index (χ1v) is 9.07. The van der Waals surface area contributed by atoms with Crippen LogP contribution in [0.3, 0.4) is 0 Å². The molecule has 5 rings (SSSR count). The lowest BCUT2D eigenvalue weighted by atomic mass is 9.84. The molecule has 1 aromatic carbocycles. The lowest BCUT2D eigenvalue weighted by Crippen LogP contribution is -2.57. The maximum absolute atomic E-state index is 12.7. The number of aryl methyl sites for hydroxylation is 2. The number of piperidine rings is 3. The fraction of sp³-hybridized carbons (Fsp3) is 0.500. The van der Waals surface area contributed by atoms with Crippen LogP contribution in [0.25, 0.3) is 10.9 Å². The Hall–Kier alpha value is -1.94. The minimum atomic E-state index is 0.0389. The highest BCUT2D eigenvalue weighted by Gasteiger charge is 2.34. The van der Waals surface area contributed by atoms with E-state index >= 15 is 0 Å². The smallest absolute Gasteiger partial charge is 0.251 e. The third-order valence-electron chi connectivity index (χ3n) is 5.67. The summed E-state index contributed by atoms with van der Waals surface area (Å²) in [6.45, 7) is 7.60. The average Bonchev–Trinajstić information content (AvgIpc) is 2.62. The first kappa shape index (κ1) is 15.6. The van der Waals surface area contributed by atoms with Crippen molar-refractivity contribution in [2.45, 2.75) is 39.2 Å². The van der Waals surface area contributed by atoms with Crippen molar-refractivity contribution >= 4 is 16.8 Å². The number of hydrogen-bond acceptors (Lipinski definition) is 3. The molecule has 0 radical (unpaired) electrons. The van der Waals surface area contributed by atoms with Crippen LogP contribution in [-0.4, -0.2) is 41.5 Å². The maximum Gasteiger partial charge on any atom is 0.251 e. The molecule has 1 N–H and O–H groups in total. The second-order valence-corrected chi connectivity index (χ2v) is 7.23. The van der Waals surface area contributed by atoms with Gasteiger partial charge in [-0.1, -0.05) is 13.0 Å². The Balaban J connectivity index is 1.58. The van der Waals surface area contributed by atoms with Gasteiger partial charge in [-0.05, 0) is 69.0 Å². The molecule has 2 aromatic rings. The predicted molar refractivity (Wildman–Crippen MR) is 96.3 cm³/mol. The highest BCUT2D eigenvalue weighted by Crippen LogP contribution is 2.28. The SMILES string of the molecule is CCc1cc(C)c2ccc(C(=O)NC3CN4CCC3CC4)cc2n1. The summed E-state index contributed by atoms with van der Waals surface area (Å²) in [6.07, 6.45) is 3.33. The number of carbonyl (C=O) groups excluding carboxylic acids is 1. The Labute approximate surface area is 143 Å². The van der Waals surface area contributed by atoms with Crippen LogP contribution in [0.2, 0.25) is 0 Å². The highest BCUT2D eigenvalue weighted by atomic mass is 16.1. The van der Waals surface area contributed by atoms with E-state index in [1.165, 1.54) is 31.5 Å². The quantitative estimate of drug-likeness (QED) is 0.944. The number of hydrogen-bond donors (Lipinski definition) is 1. The topological polar surface area (TPSA) is 45.2 Å². The van der Waals surface area contributed by atoms with Gasteiger partial charge in [0.05, 0.1) is 5.52 Å². The predicted octanol–water partition coefficient (Wildman–Crippen LogP) is 2.93. The van der Waals surface area contributed by atoms with Gasteiger partial charge in [0, 0.05) is 29.2 Å². The van der Waals surface area contributed by atoms with Crippen LogP contribution in [0.15, 0.2) is 24.3 Å². The summed E-state index contributed by atoms with van der Waals surface area (Å²) < 4.78 is 0. The number of amides is 1. The number of pyridine rings is 1. The highest BCUT2D eigenvalue weighted by molar-refractivity contribution is 5.98. The minimum absolute atomic E-state index is 0.0389. The van der Waals surface area contributed by atoms with Crippen molar-refractivity contribution < 1.29 is 4.79 Å². The van der Waals surface area contributed by atoms with Gasteiger partial charge >= 0.3 is 0 Å². The average molecular weight is 323 g/mol. The molecule has 3 aliphatic rings. The van der Waals surface area contributed by atoms with Gasteiger partial charge in [-0.25, -0.2) is 0 Å². The molecular formula is C20H25N3O. The molecule has 0 spiro atoms. The monoisotopic (exact) mass is 323 g/mol. The van der Waals surface area contributed by atoms with E-state index in [4.69, 9.17) is 4.98 Å². The standard InChI is InChI=1S/C20H25N3O/c1-3-16-10-13(2)17-5-4-15(11-18(17)21-16)20(24)22-19-12-23-8-6-14(19)7-9-23/h4-5,10-11,14,19H,3,6-9,12H2,1-2H3,(H,22,24). The summed E-state index contributed by atoms with van der Waals surface area (Å²) in [4.78, 5) is 19.9. The third-order valence-corrected chi connectivity index (χ3v) is 5.67. The summed E-state index contributed by atoms with van der Waals surface area (Å²) in [6, 6.07) is 8.34. The Morgan fingerprint density at radius 1 is 1.29 bits per heavy atom. The van der Waals surface area contributed by atoms with E-state index < -0.39 is 0 Å².